The molecule has 0 bridgehead atoms. The summed E-state index contributed by atoms with van der Waals surface area (Å²) in [6.45, 7) is 2.01. The summed E-state index contributed by atoms with van der Waals surface area (Å²) in [5.74, 6) is -0.120. The van der Waals surface area contributed by atoms with Gasteiger partial charge < -0.3 is 10.5 Å². The minimum absolute atomic E-state index is 0.297. The number of aryl methyl sites for hydroxylation is 1. The van der Waals surface area contributed by atoms with Crippen LogP contribution in [0.4, 0.5) is 5.82 Å². The first-order valence-corrected chi connectivity index (χ1v) is 5.52. The van der Waals surface area contributed by atoms with Crippen molar-refractivity contribution in [2.75, 3.05) is 12.8 Å². The van der Waals surface area contributed by atoms with Crippen LogP contribution in [0.2, 0.25) is 0 Å². The van der Waals surface area contributed by atoms with Crippen LogP contribution in [0, 0.1) is 6.92 Å². The van der Waals surface area contributed by atoms with E-state index < -0.39 is 5.97 Å². The zero-order valence-corrected chi connectivity index (χ0v) is 10.3. The fourth-order valence-corrected chi connectivity index (χ4v) is 1.71. The molecular formula is C14H14N2O2. The van der Waals surface area contributed by atoms with Crippen LogP contribution < -0.4 is 5.73 Å². The van der Waals surface area contributed by atoms with Gasteiger partial charge in [-0.2, -0.15) is 0 Å². The Labute approximate surface area is 105 Å². The molecular weight excluding hydrogens is 228 g/mol. The lowest BCUT2D eigenvalue weighted by atomic mass is 10.0. The summed E-state index contributed by atoms with van der Waals surface area (Å²) in [7, 11) is 1.35. The van der Waals surface area contributed by atoms with Crippen LogP contribution >= 0.6 is 0 Å². The van der Waals surface area contributed by atoms with Gasteiger partial charge in [0.05, 0.1) is 12.7 Å². The monoisotopic (exact) mass is 242 g/mol. The number of carbonyl (C=O) groups is 1. The van der Waals surface area contributed by atoms with Gasteiger partial charge in [-0.1, -0.05) is 29.8 Å². The zero-order valence-electron chi connectivity index (χ0n) is 10.3. The molecule has 1 aromatic carbocycles. The Hall–Kier alpha value is -2.36. The standard InChI is InChI=1S/C14H14N2O2/c1-9-3-5-10(6-4-9)12-8-16-13(15)7-11(12)14(17)18-2/h3-8H,1-2H3,(H2,15,16). The van der Waals surface area contributed by atoms with Gasteiger partial charge in [-0.05, 0) is 18.6 Å². The molecule has 0 spiro atoms. The van der Waals surface area contributed by atoms with Crippen LogP contribution in [0.15, 0.2) is 36.5 Å². The van der Waals surface area contributed by atoms with Crippen molar-refractivity contribution >= 4 is 11.8 Å². The first kappa shape index (κ1) is 12.1. The molecule has 1 heterocycles. The van der Waals surface area contributed by atoms with Gasteiger partial charge >= 0.3 is 5.97 Å². The third-order valence-corrected chi connectivity index (χ3v) is 2.69. The SMILES string of the molecule is COC(=O)c1cc(N)ncc1-c1ccc(C)cc1. The van der Waals surface area contributed by atoms with Crippen molar-refractivity contribution in [3.8, 4) is 11.1 Å². The molecule has 4 nitrogen and oxygen atoms in total. The predicted molar refractivity (Wildman–Crippen MR) is 70.2 cm³/mol. The number of esters is 1. The molecule has 2 N–H and O–H groups in total. The van der Waals surface area contributed by atoms with E-state index in [2.05, 4.69) is 4.98 Å². The molecule has 2 rings (SSSR count). The fraction of sp³-hybridized carbons (Fsp3) is 0.143. The van der Waals surface area contributed by atoms with E-state index in [1.54, 1.807) is 6.20 Å². The number of ether oxygens (including phenoxy) is 1. The third kappa shape index (κ3) is 2.32. The molecule has 0 aliphatic carbocycles. The number of nitrogens with zero attached hydrogens (tertiary/aromatic N) is 1. The lowest BCUT2D eigenvalue weighted by molar-refractivity contribution is 0.0601. The highest BCUT2D eigenvalue weighted by Crippen LogP contribution is 2.25. The summed E-state index contributed by atoms with van der Waals surface area (Å²) in [4.78, 5) is 15.7. The number of methoxy groups -OCH3 is 1. The number of anilines is 1. The number of rotatable bonds is 2. The fourth-order valence-electron chi connectivity index (χ4n) is 1.71. The summed E-state index contributed by atoms with van der Waals surface area (Å²) in [5, 5.41) is 0. The van der Waals surface area contributed by atoms with Gasteiger partial charge in [-0.15, -0.1) is 0 Å². The van der Waals surface area contributed by atoms with Crippen LogP contribution in [0.5, 0.6) is 0 Å². The number of benzene rings is 1. The topological polar surface area (TPSA) is 65.2 Å². The molecule has 0 aliphatic rings. The molecule has 0 radical (unpaired) electrons. The number of aromatic nitrogens is 1. The smallest absolute Gasteiger partial charge is 0.338 e. The number of pyridine rings is 1. The van der Waals surface area contributed by atoms with E-state index in [1.165, 1.54) is 13.2 Å². The van der Waals surface area contributed by atoms with Crippen LogP contribution in [-0.4, -0.2) is 18.1 Å². The van der Waals surface area contributed by atoms with E-state index in [4.69, 9.17) is 10.5 Å². The predicted octanol–water partition coefficient (Wildman–Crippen LogP) is 2.43. The molecule has 0 atom stereocenters. The minimum Gasteiger partial charge on any atom is -0.465 e. The second-order valence-corrected chi connectivity index (χ2v) is 4.01. The molecule has 18 heavy (non-hydrogen) atoms. The second-order valence-electron chi connectivity index (χ2n) is 4.01. The van der Waals surface area contributed by atoms with Crippen molar-refractivity contribution in [3.63, 3.8) is 0 Å². The van der Waals surface area contributed by atoms with E-state index in [0.717, 1.165) is 16.7 Å². The van der Waals surface area contributed by atoms with Crippen LogP contribution in [-0.2, 0) is 4.74 Å². The van der Waals surface area contributed by atoms with Gasteiger partial charge in [0.1, 0.15) is 5.82 Å². The summed E-state index contributed by atoms with van der Waals surface area (Å²) in [6, 6.07) is 9.37. The number of nitrogen functional groups attached to an aromatic ring is 1. The largest absolute Gasteiger partial charge is 0.465 e. The Kier molecular flexibility index (Phi) is 3.28. The lowest BCUT2D eigenvalue weighted by Gasteiger charge is -2.08. The number of carbonyl (C=O) groups excluding carboxylic acids is 1. The van der Waals surface area contributed by atoms with Crippen molar-refractivity contribution in [3.05, 3.63) is 47.7 Å². The Morgan fingerprint density at radius 2 is 1.94 bits per heavy atom. The lowest BCUT2D eigenvalue weighted by Crippen LogP contribution is -2.05. The van der Waals surface area contributed by atoms with Gasteiger partial charge in [-0.25, -0.2) is 9.78 Å². The van der Waals surface area contributed by atoms with E-state index >= 15 is 0 Å². The van der Waals surface area contributed by atoms with Crippen LogP contribution in [0.25, 0.3) is 11.1 Å². The van der Waals surface area contributed by atoms with E-state index in [1.807, 2.05) is 31.2 Å². The van der Waals surface area contributed by atoms with Crippen LogP contribution in [0.3, 0.4) is 0 Å². The molecule has 0 fully saturated rings. The minimum atomic E-state index is -0.417. The van der Waals surface area contributed by atoms with Crippen molar-refractivity contribution in [1.82, 2.24) is 4.98 Å². The Bertz CT molecular complexity index is 577. The van der Waals surface area contributed by atoms with E-state index in [9.17, 15) is 4.79 Å². The molecule has 0 aliphatic heterocycles. The van der Waals surface area contributed by atoms with Crippen LogP contribution in [0.1, 0.15) is 15.9 Å². The van der Waals surface area contributed by atoms with E-state index in [-0.39, 0.29) is 0 Å². The van der Waals surface area contributed by atoms with Gasteiger partial charge in [0.25, 0.3) is 0 Å². The molecule has 0 unspecified atom stereocenters. The Morgan fingerprint density at radius 1 is 1.28 bits per heavy atom. The Balaban J connectivity index is 2.56. The molecule has 0 amide bonds. The first-order chi connectivity index (χ1) is 8.61. The van der Waals surface area contributed by atoms with Gasteiger partial charge in [0.2, 0.25) is 0 Å². The molecule has 1 aromatic heterocycles. The van der Waals surface area contributed by atoms with Crippen molar-refractivity contribution in [2.24, 2.45) is 0 Å². The molecule has 2 aromatic rings. The van der Waals surface area contributed by atoms with Crippen molar-refractivity contribution in [2.45, 2.75) is 6.92 Å². The normalized spacial score (nSPS) is 10.1. The average Bonchev–Trinajstić information content (AvgIpc) is 2.39. The number of hydrogen-bond donors (Lipinski definition) is 1. The molecule has 0 saturated carbocycles. The summed E-state index contributed by atoms with van der Waals surface area (Å²) < 4.78 is 4.75. The summed E-state index contributed by atoms with van der Waals surface area (Å²) in [6.07, 6.45) is 1.59. The zero-order chi connectivity index (χ0) is 13.1. The Morgan fingerprint density at radius 3 is 2.56 bits per heavy atom. The average molecular weight is 242 g/mol. The maximum Gasteiger partial charge on any atom is 0.338 e. The van der Waals surface area contributed by atoms with Crippen molar-refractivity contribution < 1.29 is 9.53 Å². The third-order valence-electron chi connectivity index (χ3n) is 2.69. The highest BCUT2D eigenvalue weighted by Gasteiger charge is 2.14. The maximum atomic E-state index is 11.7. The number of hydrogen-bond acceptors (Lipinski definition) is 4. The maximum absolute atomic E-state index is 11.7. The van der Waals surface area contributed by atoms with Gasteiger partial charge in [-0.3, -0.25) is 0 Å². The molecule has 0 saturated heterocycles. The molecule has 4 heteroatoms. The first-order valence-electron chi connectivity index (χ1n) is 5.52. The molecule has 92 valence electrons. The number of nitrogens with two attached hydrogens (primary N) is 1. The summed E-state index contributed by atoms with van der Waals surface area (Å²) >= 11 is 0. The quantitative estimate of drug-likeness (QED) is 0.821. The second kappa shape index (κ2) is 4.87. The van der Waals surface area contributed by atoms with Gasteiger partial charge in [0, 0.05) is 11.8 Å². The summed E-state index contributed by atoms with van der Waals surface area (Å²) in [5.41, 5.74) is 8.81. The van der Waals surface area contributed by atoms with E-state index in [0.29, 0.717) is 11.4 Å². The van der Waals surface area contributed by atoms with Gasteiger partial charge in [0.15, 0.2) is 0 Å². The highest BCUT2D eigenvalue weighted by molar-refractivity contribution is 5.97. The van der Waals surface area contributed by atoms with Crippen molar-refractivity contribution in [1.29, 1.82) is 0 Å². The highest BCUT2D eigenvalue weighted by atomic mass is 16.5.